The molecule has 4 rings (SSSR count). The lowest BCUT2D eigenvalue weighted by molar-refractivity contribution is -0.145. The van der Waals surface area contributed by atoms with E-state index in [0.717, 1.165) is 6.07 Å². The Labute approximate surface area is 375 Å². The van der Waals surface area contributed by atoms with Gasteiger partial charge in [-0.2, -0.15) is 0 Å². The van der Waals surface area contributed by atoms with Crippen molar-refractivity contribution in [2.45, 2.75) is 97.3 Å². The maximum absolute atomic E-state index is 13.8. The summed E-state index contributed by atoms with van der Waals surface area (Å²) in [4.78, 5) is 24.8. The minimum Gasteiger partial charge on any atom is -0.479 e. The van der Waals surface area contributed by atoms with Crippen LogP contribution in [-0.4, -0.2) is 85.4 Å². The predicted octanol–water partition coefficient (Wildman–Crippen LogP) is 9.90. The van der Waals surface area contributed by atoms with Crippen LogP contribution in [0.5, 0.6) is 0 Å². The van der Waals surface area contributed by atoms with Crippen molar-refractivity contribution in [1.82, 2.24) is 9.55 Å². The molecule has 344 valence electrons. The molecular formula is C36H43Br3ClF9N6O6. The lowest BCUT2D eigenvalue weighted by atomic mass is 10.2. The third-order valence-electron chi connectivity index (χ3n) is 7.54. The Morgan fingerprint density at radius 2 is 1.11 bits per heavy atom. The third kappa shape index (κ3) is 18.0. The van der Waals surface area contributed by atoms with Gasteiger partial charge in [-0.3, -0.25) is 4.79 Å². The quantitative estimate of drug-likeness (QED) is 0.0500. The van der Waals surface area contributed by atoms with E-state index in [-0.39, 0.29) is 52.0 Å². The number of carboxylic acids is 1. The zero-order valence-corrected chi connectivity index (χ0v) is 38.3. The highest BCUT2D eigenvalue weighted by atomic mass is 79.9. The van der Waals surface area contributed by atoms with Gasteiger partial charge < -0.3 is 46.7 Å². The number of aliphatic hydroxyl groups is 3. The van der Waals surface area contributed by atoms with Crippen LogP contribution in [0.2, 0.25) is 0 Å². The van der Waals surface area contributed by atoms with Gasteiger partial charge in [0.25, 0.3) is 25.2 Å². The number of amides is 1. The number of carboxylic acid groups (broad SMARTS) is 1. The maximum Gasteiger partial charge on any atom is 0.332 e. The van der Waals surface area contributed by atoms with Gasteiger partial charge in [-0.05, 0) is 77.9 Å². The van der Waals surface area contributed by atoms with Crippen molar-refractivity contribution >= 4 is 106 Å². The number of rotatable bonds is 12. The highest BCUT2D eigenvalue weighted by molar-refractivity contribution is 9.11. The number of hydrogen-bond donors (Lipinski definition) is 8. The number of anilines is 4. The number of hydrogen-bond acceptors (Lipinski definition) is 9. The zero-order valence-electron chi connectivity index (χ0n) is 32.7. The molecule has 0 aliphatic heterocycles. The lowest BCUT2D eigenvalue weighted by Crippen LogP contribution is -2.28. The molecule has 25 heteroatoms. The zero-order chi connectivity index (χ0) is 46.5. The van der Waals surface area contributed by atoms with E-state index in [1.54, 1.807) is 0 Å². The Hall–Kier alpha value is -3.55. The molecule has 0 radical (unpaired) electrons. The Kier molecular flexibility index (Phi) is 24.6. The maximum atomic E-state index is 13.8. The first-order valence-electron chi connectivity index (χ1n) is 17.2. The van der Waals surface area contributed by atoms with Crippen molar-refractivity contribution in [3.8, 4) is 0 Å². The standard InChI is InChI=1S/C12H14BrF3N2O2.C12H12BrF3N2O.C9H10BrF3N2.C3H6O3.ClH/c1-5(11(15)16)17-9-4-7(13)3-8(14)10(9)18-12(20)6(2)19;1-5(11(15)16)18-9-4-7(13)3-8(14)10(9)17-12(18)6(2)19;1-4(9(12)13)15-7-3-5(10)2-6(11)8(7)14;1-2(4)3(5)6;/h3-6,11,17,19H,1-2H3,(H,18,20);3-6,11,19H,1-2H3;2-4,9,15H,14H2,1H3;2,4H,1H3,(H,5,6);1H. The van der Waals surface area contributed by atoms with Gasteiger partial charge in [-0.15, -0.1) is 12.4 Å². The molecule has 0 saturated heterocycles. The molecule has 0 aliphatic rings. The molecule has 9 N–H and O–H groups in total. The van der Waals surface area contributed by atoms with Crippen LogP contribution in [0.15, 0.2) is 49.8 Å². The van der Waals surface area contributed by atoms with E-state index in [1.165, 1.54) is 76.4 Å². The van der Waals surface area contributed by atoms with E-state index in [9.17, 15) is 54.2 Å². The lowest BCUT2D eigenvalue weighted by Gasteiger charge is -2.19. The van der Waals surface area contributed by atoms with E-state index >= 15 is 0 Å². The molecule has 0 bridgehead atoms. The van der Waals surface area contributed by atoms with Gasteiger partial charge in [0.05, 0.1) is 40.7 Å². The fourth-order valence-corrected chi connectivity index (χ4v) is 5.61. The summed E-state index contributed by atoms with van der Waals surface area (Å²) in [6.07, 6.45) is -11.5. The normalized spacial score (nSPS) is 13.8. The van der Waals surface area contributed by atoms with Crippen molar-refractivity contribution in [2.24, 2.45) is 0 Å². The molecule has 6 atom stereocenters. The summed E-state index contributed by atoms with van der Waals surface area (Å²) >= 11 is 9.21. The van der Waals surface area contributed by atoms with Gasteiger partial charge in [-0.25, -0.2) is 49.3 Å². The number of fused-ring (bicyclic) bond motifs is 1. The summed E-state index contributed by atoms with van der Waals surface area (Å²) in [6.45, 7) is 7.63. The number of aromatic nitrogens is 2. The molecule has 3 aromatic carbocycles. The number of carbonyl (C=O) groups excluding carboxylic acids is 1. The number of carbonyl (C=O) groups is 2. The molecule has 0 spiro atoms. The first-order chi connectivity index (χ1) is 27.6. The fourth-order valence-electron chi connectivity index (χ4n) is 4.34. The SMILES string of the molecule is CC(Nc1cc(Br)cc(F)c1N)C(F)F.CC(O)C(=O)Nc1c(F)cc(Br)cc1NC(C)C(F)F.CC(O)C(=O)O.CC(O)c1nc2c(F)cc(Br)cc2n1C(C)C(F)F.Cl. The van der Waals surface area contributed by atoms with Crippen LogP contribution in [-0.2, 0) is 9.59 Å². The number of nitrogens with one attached hydrogen (secondary N) is 3. The van der Waals surface area contributed by atoms with Crippen LogP contribution in [0.1, 0.15) is 59.5 Å². The van der Waals surface area contributed by atoms with Gasteiger partial charge in [0.1, 0.15) is 47.0 Å². The largest absolute Gasteiger partial charge is 0.479 e. The second-order valence-corrected chi connectivity index (χ2v) is 15.5. The number of nitrogens with two attached hydrogens (primary N) is 1. The van der Waals surface area contributed by atoms with Crippen molar-refractivity contribution in [3.63, 3.8) is 0 Å². The van der Waals surface area contributed by atoms with Crippen LogP contribution >= 0.6 is 60.2 Å². The van der Waals surface area contributed by atoms with E-state index in [1.807, 2.05) is 0 Å². The Balaban J connectivity index is 0.000000829. The first kappa shape index (κ1) is 57.4. The molecule has 0 aliphatic carbocycles. The summed E-state index contributed by atoms with van der Waals surface area (Å²) in [6, 6.07) is 4.27. The molecular weight excluding hydrogens is 1060 g/mol. The van der Waals surface area contributed by atoms with Crippen molar-refractivity contribution in [1.29, 1.82) is 0 Å². The minimum atomic E-state index is -2.66. The van der Waals surface area contributed by atoms with E-state index in [2.05, 4.69) is 68.7 Å². The summed E-state index contributed by atoms with van der Waals surface area (Å²) < 4.78 is 119. The molecule has 4 aromatic rings. The predicted molar refractivity (Wildman–Crippen MR) is 226 cm³/mol. The average molecular weight is 1100 g/mol. The van der Waals surface area contributed by atoms with Crippen molar-refractivity contribution < 1.29 is 69.5 Å². The Morgan fingerprint density at radius 1 is 0.689 bits per heavy atom. The van der Waals surface area contributed by atoms with Gasteiger partial charge >= 0.3 is 5.97 Å². The molecule has 12 nitrogen and oxygen atoms in total. The summed E-state index contributed by atoms with van der Waals surface area (Å²) in [7, 11) is 0. The van der Waals surface area contributed by atoms with E-state index in [0.29, 0.717) is 13.4 Å². The molecule has 1 aromatic heterocycles. The molecule has 61 heavy (non-hydrogen) atoms. The first-order valence-corrected chi connectivity index (χ1v) is 19.5. The number of aliphatic carboxylic acids is 1. The van der Waals surface area contributed by atoms with Crippen LogP contribution < -0.4 is 21.7 Å². The van der Waals surface area contributed by atoms with Crippen LogP contribution in [0.25, 0.3) is 11.0 Å². The second kappa shape index (κ2) is 26.2. The monoisotopic (exact) mass is 1100 g/mol. The van der Waals surface area contributed by atoms with Gasteiger partial charge in [0.15, 0.2) is 5.82 Å². The number of aliphatic hydroxyl groups excluding tert-OH is 3. The Morgan fingerprint density at radius 3 is 1.54 bits per heavy atom. The van der Waals surface area contributed by atoms with E-state index < -0.39 is 85.0 Å². The number of nitrogen functional groups attached to an aromatic ring is 1. The highest BCUT2D eigenvalue weighted by Gasteiger charge is 2.26. The molecule has 6 unspecified atom stereocenters. The number of benzene rings is 3. The Bertz CT molecular complexity index is 2060. The van der Waals surface area contributed by atoms with Crippen molar-refractivity contribution in [2.75, 3.05) is 21.7 Å². The van der Waals surface area contributed by atoms with Gasteiger partial charge in [0, 0.05) is 13.4 Å². The molecule has 0 fully saturated rings. The van der Waals surface area contributed by atoms with Gasteiger partial charge in [-0.1, -0.05) is 47.8 Å². The molecule has 0 saturated carbocycles. The van der Waals surface area contributed by atoms with Crippen molar-refractivity contribution in [3.05, 3.63) is 73.1 Å². The summed E-state index contributed by atoms with van der Waals surface area (Å²) in [5, 5.41) is 41.5. The number of halogens is 13. The van der Waals surface area contributed by atoms with Gasteiger partial charge in [0.2, 0.25) is 0 Å². The topological polar surface area (TPSA) is 195 Å². The van der Waals surface area contributed by atoms with Crippen LogP contribution in [0.4, 0.5) is 62.3 Å². The molecule has 1 heterocycles. The smallest absolute Gasteiger partial charge is 0.332 e. The third-order valence-corrected chi connectivity index (χ3v) is 8.92. The average Bonchev–Trinajstić information content (AvgIpc) is 3.52. The highest BCUT2D eigenvalue weighted by Crippen LogP contribution is 2.33. The minimum absolute atomic E-state index is 0. The van der Waals surface area contributed by atoms with Crippen LogP contribution in [0.3, 0.4) is 0 Å². The number of alkyl halides is 6. The fraction of sp³-hybridized carbons (Fsp3) is 0.417. The summed E-state index contributed by atoms with van der Waals surface area (Å²) in [5.41, 5.74) is 5.32. The molecule has 1 amide bonds. The number of imidazole rings is 1. The van der Waals surface area contributed by atoms with Crippen LogP contribution in [0, 0.1) is 17.5 Å². The number of nitrogens with zero attached hydrogens (tertiary/aromatic N) is 2. The van der Waals surface area contributed by atoms with E-state index in [4.69, 9.17) is 21.1 Å². The second-order valence-electron chi connectivity index (χ2n) is 12.7. The summed E-state index contributed by atoms with van der Waals surface area (Å²) in [5.74, 6) is -4.06.